The lowest BCUT2D eigenvalue weighted by atomic mass is 9.77. The molecule has 3 aromatic rings. The van der Waals surface area contributed by atoms with Crippen molar-refractivity contribution in [2.45, 2.75) is 182 Å². The van der Waals surface area contributed by atoms with E-state index in [2.05, 4.69) is 15.6 Å². The summed E-state index contributed by atoms with van der Waals surface area (Å²) in [6, 6.07) is 7.91. The number of aromatic nitrogens is 3. The molecule has 9 rings (SSSR count). The van der Waals surface area contributed by atoms with Crippen molar-refractivity contribution in [3.8, 4) is 11.3 Å². The number of nitrogens with one attached hydrogen (secondary N) is 1. The molecule has 6 fully saturated rings. The number of hydrogen-bond donors (Lipinski definition) is 9. The number of amides is 2. The topological polar surface area (TPSA) is 333 Å². The maximum atomic E-state index is 14.3. The molecule has 20 atom stereocenters. The van der Waals surface area contributed by atoms with Crippen molar-refractivity contribution < 1.29 is 106 Å². The summed E-state index contributed by atoms with van der Waals surface area (Å²) in [5.41, 5.74) is -0.232. The van der Waals surface area contributed by atoms with E-state index in [1.54, 1.807) is 30.0 Å². The molecule has 4 saturated heterocycles. The Kier molecular flexibility index (Phi) is 20.7. The van der Waals surface area contributed by atoms with Crippen LogP contribution < -0.4 is 5.32 Å². The number of hydrogen-bond acceptors (Lipinski definition) is 21. The van der Waals surface area contributed by atoms with Gasteiger partial charge in [0.15, 0.2) is 42.4 Å². The molecule has 9 N–H and O–H groups in total. The molecule has 1 aromatic heterocycles. The number of aliphatic hydroxyl groups is 8. The van der Waals surface area contributed by atoms with Gasteiger partial charge >= 0.3 is 5.97 Å². The van der Waals surface area contributed by atoms with Gasteiger partial charge in [-0.2, -0.15) is 0 Å². The largest absolute Gasteiger partial charge is 0.450 e. The van der Waals surface area contributed by atoms with Gasteiger partial charge in [-0.3, -0.25) is 9.59 Å². The average molecular weight is 1170 g/mol. The van der Waals surface area contributed by atoms with E-state index >= 15 is 0 Å². The number of carbonyl (C=O) groups excluding carboxylic acids is 3. The maximum absolute atomic E-state index is 14.3. The number of likely N-dealkylation sites (tertiary alicyclic amines) is 1. The van der Waals surface area contributed by atoms with Crippen molar-refractivity contribution in [2.24, 2.45) is 17.8 Å². The zero-order valence-corrected chi connectivity index (χ0v) is 45.3. The summed E-state index contributed by atoms with van der Waals surface area (Å²) >= 11 is 0. The minimum Gasteiger partial charge on any atom is -0.450 e. The molecule has 2 aliphatic carbocycles. The monoisotopic (exact) mass is 1170 g/mol. The Balaban J connectivity index is 0.941. The first-order valence-electron chi connectivity index (χ1n) is 28.1. The van der Waals surface area contributed by atoms with Crippen LogP contribution >= 0.6 is 0 Å². The minimum atomic E-state index is -1.76. The van der Waals surface area contributed by atoms with E-state index in [-0.39, 0.29) is 54.6 Å². The van der Waals surface area contributed by atoms with Gasteiger partial charge in [0.05, 0.1) is 49.9 Å². The van der Waals surface area contributed by atoms with Crippen LogP contribution in [0.25, 0.3) is 11.3 Å². The van der Waals surface area contributed by atoms with Crippen LogP contribution in [0.4, 0.5) is 13.2 Å². The first-order valence-corrected chi connectivity index (χ1v) is 28.1. The summed E-state index contributed by atoms with van der Waals surface area (Å²) in [6.45, 7) is 2.15. The molecule has 4 aliphatic heterocycles. The smallest absolute Gasteiger partial charge is 0.338 e. The van der Waals surface area contributed by atoms with Gasteiger partial charge < -0.3 is 89.0 Å². The fraction of sp³-hybridized carbons (Fsp3) is 0.691. The van der Waals surface area contributed by atoms with Crippen LogP contribution in [0.3, 0.4) is 0 Å². The zero-order valence-electron chi connectivity index (χ0n) is 45.3. The van der Waals surface area contributed by atoms with Gasteiger partial charge in [0, 0.05) is 31.1 Å². The third kappa shape index (κ3) is 13.8. The van der Waals surface area contributed by atoms with Crippen LogP contribution in [0, 0.1) is 35.2 Å². The first-order chi connectivity index (χ1) is 39.3. The Morgan fingerprint density at radius 1 is 0.756 bits per heavy atom. The Morgan fingerprint density at radius 3 is 2.11 bits per heavy atom. The highest BCUT2D eigenvalue weighted by Gasteiger charge is 2.54. The molecule has 2 aromatic carbocycles. The molecule has 82 heavy (non-hydrogen) atoms. The second-order valence-corrected chi connectivity index (χ2v) is 22.3. The molecule has 24 nitrogen and oxygen atoms in total. The van der Waals surface area contributed by atoms with E-state index in [4.69, 9.17) is 37.9 Å². The van der Waals surface area contributed by atoms with Gasteiger partial charge in [-0.1, -0.05) is 62.4 Å². The predicted octanol–water partition coefficient (Wildman–Crippen LogP) is 0.380. The van der Waals surface area contributed by atoms with Crippen LogP contribution in [0.15, 0.2) is 48.7 Å². The van der Waals surface area contributed by atoms with Gasteiger partial charge in [0.1, 0.15) is 72.8 Å². The van der Waals surface area contributed by atoms with E-state index in [0.29, 0.717) is 31.6 Å². The number of carbonyl (C=O) groups is 3. The molecule has 0 spiro atoms. The van der Waals surface area contributed by atoms with Crippen molar-refractivity contribution in [1.82, 2.24) is 25.2 Å². The number of nitrogens with zero attached hydrogens (tertiary/aromatic N) is 4. The lowest BCUT2D eigenvalue weighted by Crippen LogP contribution is -2.64. The number of esters is 1. The number of ether oxygens (including phenoxy) is 8. The Hall–Kier alpha value is -4.82. The molecule has 5 heterocycles. The standard InChI is InChI=1S/C55H74F3N5O19/c1-26-18-31(50(72)59-14-17-75-53-44(69)40(42(67)37(24-64)79-53)63-23-34(60-61-63)30-20-32(56)39(58)33(57)21-30)22-35(47(26)82-54-46(71)45(70)41(66)27(2)76-54)78-55-49(81-52(74)29-12-7-4-8-13-29)48(43(68)38(25-65)80-55)77-36(51(73)62-15-9-16-62)19-28-10-5-3-6-11-28/h4,7-8,12-13,20-21,23,26-28,31,35-38,40-49,53-55,64-71H,3,5-6,9-11,14-19,22,24-25H2,1-2H3,(H,59,72)/t26?,27?,31?,35-,36+,37?,38?,40?,41-,42-,43+,44?,45?,46?,47?,48?,49?,53+,54+,55-/m1/s1. The van der Waals surface area contributed by atoms with E-state index in [0.717, 1.165) is 49.4 Å². The second-order valence-electron chi connectivity index (χ2n) is 22.3. The lowest BCUT2D eigenvalue weighted by Gasteiger charge is -2.48. The Labute approximate surface area is 470 Å². The fourth-order valence-electron chi connectivity index (χ4n) is 11.8. The minimum absolute atomic E-state index is 0.112. The van der Waals surface area contributed by atoms with Gasteiger partial charge in [-0.05, 0) is 68.7 Å². The van der Waals surface area contributed by atoms with Crippen LogP contribution in [0.5, 0.6) is 0 Å². The van der Waals surface area contributed by atoms with E-state index in [1.807, 2.05) is 0 Å². The number of rotatable bonds is 20. The van der Waals surface area contributed by atoms with Crippen LogP contribution in [0.2, 0.25) is 0 Å². The number of halogens is 3. The number of benzene rings is 2. The predicted molar refractivity (Wildman–Crippen MR) is 274 cm³/mol. The third-order valence-corrected chi connectivity index (χ3v) is 16.6. The molecule has 0 radical (unpaired) electrons. The number of aliphatic hydroxyl groups excluding tert-OH is 8. The molecule has 2 amide bonds. The maximum Gasteiger partial charge on any atom is 0.338 e. The molecule has 2 saturated carbocycles. The van der Waals surface area contributed by atoms with Gasteiger partial charge in [-0.25, -0.2) is 22.6 Å². The highest BCUT2D eigenvalue weighted by Crippen LogP contribution is 2.40. The molecule has 27 heteroatoms. The summed E-state index contributed by atoms with van der Waals surface area (Å²) in [7, 11) is 0. The van der Waals surface area contributed by atoms with Crippen LogP contribution in [0.1, 0.15) is 88.0 Å². The quantitative estimate of drug-likeness (QED) is 0.0419. The molecule has 454 valence electrons. The van der Waals surface area contributed by atoms with Gasteiger partial charge in [0.25, 0.3) is 5.91 Å². The SMILES string of the molecule is CC1CC(C(=O)NCCO[C@H]2OC(CO)[C@@H](O)C(n3cc(-c4cc(F)c(F)c(F)c4)nn3)C2O)C[C@@H](O[C@@H]2OC(CO)[C@H](O)C(O[C@@H](CC3CCCCC3)C(=O)N3CCC3)C2OC(=O)c2ccccc2)C1O[C@@H]1OC(C)[C@@H](O)C(O)C1O. The van der Waals surface area contributed by atoms with Gasteiger partial charge in [0.2, 0.25) is 5.91 Å². The fourth-order valence-corrected chi connectivity index (χ4v) is 11.8. The van der Waals surface area contributed by atoms with Crippen LogP contribution in [-0.4, -0.2) is 222 Å². The van der Waals surface area contributed by atoms with Crippen molar-refractivity contribution in [1.29, 1.82) is 0 Å². The summed E-state index contributed by atoms with van der Waals surface area (Å²) < 4.78 is 92.5. The van der Waals surface area contributed by atoms with Crippen molar-refractivity contribution >= 4 is 17.8 Å². The summed E-state index contributed by atoms with van der Waals surface area (Å²) in [6.07, 6.45) is -18.2. The molecular formula is C55H74F3N5O19. The zero-order chi connectivity index (χ0) is 58.5. The Morgan fingerprint density at radius 2 is 1.44 bits per heavy atom. The van der Waals surface area contributed by atoms with Crippen molar-refractivity contribution in [2.75, 3.05) is 39.5 Å². The summed E-state index contributed by atoms with van der Waals surface area (Å²) in [5, 5.41) is 98.4. The molecular weight excluding hydrogens is 1090 g/mol. The van der Waals surface area contributed by atoms with Crippen molar-refractivity contribution in [3.63, 3.8) is 0 Å². The summed E-state index contributed by atoms with van der Waals surface area (Å²) in [4.78, 5) is 44.2. The second kappa shape index (κ2) is 27.5. The Bertz CT molecular complexity index is 2580. The van der Waals surface area contributed by atoms with Gasteiger partial charge in [-0.15, -0.1) is 5.10 Å². The first kappa shape index (κ1) is 61.7. The molecule has 0 bridgehead atoms. The highest BCUT2D eigenvalue weighted by molar-refractivity contribution is 5.89. The third-order valence-electron chi connectivity index (χ3n) is 16.6. The van der Waals surface area contributed by atoms with E-state index in [9.17, 15) is 68.4 Å². The molecule has 6 aliphatic rings. The average Bonchev–Trinajstić information content (AvgIpc) is 3.97. The van der Waals surface area contributed by atoms with Crippen LogP contribution in [-0.2, 0) is 47.5 Å². The molecule has 12 unspecified atom stereocenters. The summed E-state index contributed by atoms with van der Waals surface area (Å²) in [5.74, 6) is -7.78. The van der Waals surface area contributed by atoms with E-state index < -0.39 is 165 Å². The highest BCUT2D eigenvalue weighted by atomic mass is 19.2. The lowest BCUT2D eigenvalue weighted by molar-refractivity contribution is -0.349. The normalized spacial score (nSPS) is 35.8. The van der Waals surface area contributed by atoms with Crippen molar-refractivity contribution in [3.05, 3.63) is 71.7 Å². The van der Waals surface area contributed by atoms with E-state index in [1.165, 1.54) is 19.1 Å².